The molecule has 4 rings (SSSR count). The minimum Gasteiger partial charge on any atom is -0.480 e. The first-order valence-electron chi connectivity index (χ1n) is 11.3. The third-order valence-corrected chi connectivity index (χ3v) is 7.48. The predicted octanol–water partition coefficient (Wildman–Crippen LogP) is 1.21. The second-order valence-electron chi connectivity index (χ2n) is 8.52. The minimum absolute atomic E-state index is 0.0601. The molecule has 1 aromatic heterocycles. The summed E-state index contributed by atoms with van der Waals surface area (Å²) < 4.78 is 31.2. The Hall–Kier alpha value is -4.01. The third-order valence-electron chi connectivity index (χ3n) is 5.87. The molecule has 5 N–H and O–H groups in total. The van der Waals surface area contributed by atoms with Crippen LogP contribution in [0.1, 0.15) is 13.2 Å². The van der Waals surface area contributed by atoms with Gasteiger partial charge in [-0.1, -0.05) is 41.5 Å². The fourth-order valence-corrected chi connectivity index (χ4v) is 5.43. The summed E-state index contributed by atoms with van der Waals surface area (Å²) in [5, 5.41) is 37.6. The maximum atomic E-state index is 13.8. The number of ether oxygens (including phenoxy) is 1. The van der Waals surface area contributed by atoms with E-state index in [0.717, 1.165) is 16.8 Å². The number of aliphatic hydroxyl groups is 2. The molecule has 2 aromatic carbocycles. The Bertz CT molecular complexity index is 1600. The highest BCUT2D eigenvalue weighted by molar-refractivity contribution is 7.52. The summed E-state index contributed by atoms with van der Waals surface area (Å²) in [6, 6.07) is 11.3. The molecule has 17 heteroatoms. The number of carboxylic acids is 1. The Labute approximate surface area is 218 Å². The number of hydrogen-bond acceptors (Lipinski definition) is 10. The standard InChI is InChI=1S/C22H23N6O10P/c1-12(20(32)33)25-39(35,38-15-8-4-6-13-5-2-3-7-14(13)15)36-11-22(26-27-23)18(31)17(30)19(37-22)28-10-9-16(29)24-21(28)34/h2-10,12,17-19,30-31H,11H2,1H3,(H,25,35)(H,32,33)(H,24,29,34)/t12-,17+,18-,19+,22+,39+/m0/s1. The number of azide groups is 1. The number of hydrogen-bond donors (Lipinski definition) is 5. The Morgan fingerprint density at radius 3 is 2.69 bits per heavy atom. The van der Waals surface area contributed by atoms with Gasteiger partial charge in [0.1, 0.15) is 24.0 Å². The molecular formula is C22H23N6O10P. The van der Waals surface area contributed by atoms with Gasteiger partial charge in [0.15, 0.2) is 6.23 Å². The van der Waals surface area contributed by atoms with Crippen molar-refractivity contribution in [3.63, 3.8) is 0 Å². The highest BCUT2D eigenvalue weighted by atomic mass is 31.2. The van der Waals surface area contributed by atoms with Crippen LogP contribution in [0.15, 0.2) is 69.4 Å². The lowest BCUT2D eigenvalue weighted by atomic mass is 10.1. The minimum atomic E-state index is -4.63. The molecule has 2 heterocycles. The summed E-state index contributed by atoms with van der Waals surface area (Å²) in [4.78, 5) is 39.7. The lowest BCUT2D eigenvalue weighted by Gasteiger charge is -2.29. The molecule has 1 aliphatic heterocycles. The van der Waals surface area contributed by atoms with E-state index >= 15 is 0 Å². The van der Waals surface area contributed by atoms with Crippen molar-refractivity contribution in [3.8, 4) is 5.75 Å². The number of benzene rings is 2. The van der Waals surface area contributed by atoms with E-state index in [-0.39, 0.29) is 5.75 Å². The van der Waals surface area contributed by atoms with Gasteiger partial charge in [-0.2, -0.15) is 5.09 Å². The number of aromatic amines is 1. The molecule has 3 aromatic rings. The Morgan fingerprint density at radius 1 is 1.28 bits per heavy atom. The van der Waals surface area contributed by atoms with Crippen molar-refractivity contribution < 1.29 is 38.5 Å². The predicted molar refractivity (Wildman–Crippen MR) is 134 cm³/mol. The molecule has 0 spiro atoms. The summed E-state index contributed by atoms with van der Waals surface area (Å²) >= 11 is 0. The number of nitrogens with zero attached hydrogens (tertiary/aromatic N) is 4. The second-order valence-corrected chi connectivity index (χ2v) is 10.2. The summed E-state index contributed by atoms with van der Waals surface area (Å²) in [5.74, 6) is -1.33. The van der Waals surface area contributed by atoms with E-state index in [9.17, 15) is 34.3 Å². The number of rotatable bonds is 10. The average molecular weight is 562 g/mol. The fraction of sp³-hybridized carbons (Fsp3) is 0.318. The summed E-state index contributed by atoms with van der Waals surface area (Å²) in [6.07, 6.45) is -4.59. The van der Waals surface area contributed by atoms with Crippen molar-refractivity contribution >= 4 is 24.5 Å². The third kappa shape index (κ3) is 5.72. The number of aromatic nitrogens is 2. The molecule has 0 aliphatic carbocycles. The van der Waals surface area contributed by atoms with E-state index < -0.39 is 61.8 Å². The number of H-pyrrole nitrogens is 1. The first kappa shape index (κ1) is 28.0. The molecule has 1 fully saturated rings. The molecule has 6 atom stereocenters. The molecule has 0 saturated carbocycles. The van der Waals surface area contributed by atoms with E-state index in [4.69, 9.17) is 19.3 Å². The van der Waals surface area contributed by atoms with Crippen LogP contribution in [0.3, 0.4) is 0 Å². The van der Waals surface area contributed by atoms with Crippen LogP contribution in [0.4, 0.5) is 0 Å². The monoisotopic (exact) mass is 562 g/mol. The SMILES string of the molecule is C[C@H](N[P@@](=O)(OC[C@@]1(N=[N+]=[N-])O[C@@H](n2ccc(=O)[nH]c2=O)[C@H](O)[C@@H]1O)Oc1cccc2ccccc12)C(=O)O. The smallest absolute Gasteiger partial charge is 0.459 e. The molecule has 1 aliphatic rings. The van der Waals surface area contributed by atoms with Crippen LogP contribution in [-0.2, 0) is 18.6 Å². The van der Waals surface area contributed by atoms with E-state index in [1.807, 2.05) is 4.98 Å². The van der Waals surface area contributed by atoms with Gasteiger partial charge >= 0.3 is 19.4 Å². The van der Waals surface area contributed by atoms with E-state index in [1.54, 1.807) is 36.4 Å². The number of fused-ring (bicyclic) bond motifs is 1. The maximum Gasteiger partial charge on any atom is 0.459 e. The lowest BCUT2D eigenvalue weighted by Crippen LogP contribution is -2.45. The quantitative estimate of drug-likeness (QED) is 0.102. The average Bonchev–Trinajstić information content (AvgIpc) is 3.13. The van der Waals surface area contributed by atoms with Crippen molar-refractivity contribution in [2.24, 2.45) is 5.11 Å². The second kappa shape index (κ2) is 11.0. The number of aliphatic carboxylic acids is 1. The van der Waals surface area contributed by atoms with Crippen LogP contribution < -0.4 is 20.9 Å². The highest BCUT2D eigenvalue weighted by Crippen LogP contribution is 2.49. The van der Waals surface area contributed by atoms with Gasteiger partial charge in [0.2, 0.25) is 5.72 Å². The fourth-order valence-electron chi connectivity index (χ4n) is 3.89. The zero-order chi connectivity index (χ0) is 28.4. The van der Waals surface area contributed by atoms with E-state index in [0.29, 0.717) is 10.8 Å². The van der Waals surface area contributed by atoms with Crippen LogP contribution in [0.5, 0.6) is 5.75 Å². The van der Waals surface area contributed by atoms with Gasteiger partial charge in [-0.15, -0.1) is 0 Å². The van der Waals surface area contributed by atoms with Crippen molar-refractivity contribution in [1.82, 2.24) is 14.6 Å². The topological polar surface area (TPSA) is 238 Å². The zero-order valence-electron chi connectivity index (χ0n) is 20.1. The molecule has 16 nitrogen and oxygen atoms in total. The first-order valence-corrected chi connectivity index (χ1v) is 12.9. The molecule has 0 bridgehead atoms. The molecule has 0 amide bonds. The largest absolute Gasteiger partial charge is 0.480 e. The van der Waals surface area contributed by atoms with Crippen molar-refractivity contribution in [2.45, 2.75) is 37.1 Å². The van der Waals surface area contributed by atoms with Gasteiger partial charge in [-0.3, -0.25) is 23.7 Å². The number of carbonyl (C=O) groups is 1. The maximum absolute atomic E-state index is 13.8. The number of aliphatic hydroxyl groups excluding tert-OH is 2. The first-order chi connectivity index (χ1) is 18.5. The van der Waals surface area contributed by atoms with Crippen molar-refractivity contribution in [2.75, 3.05) is 6.61 Å². The summed E-state index contributed by atoms with van der Waals surface area (Å²) in [6.45, 7) is 0.155. The van der Waals surface area contributed by atoms with Crippen LogP contribution in [0, 0.1) is 0 Å². The zero-order valence-corrected chi connectivity index (χ0v) is 21.0. The van der Waals surface area contributed by atoms with E-state index in [1.165, 1.54) is 13.0 Å². The van der Waals surface area contributed by atoms with Gasteiger partial charge in [0, 0.05) is 22.6 Å². The molecule has 1 saturated heterocycles. The lowest BCUT2D eigenvalue weighted by molar-refractivity contribution is -0.138. The van der Waals surface area contributed by atoms with Gasteiger partial charge in [0.25, 0.3) is 5.56 Å². The molecule has 0 radical (unpaired) electrons. The number of carboxylic acid groups (broad SMARTS) is 1. The Balaban J connectivity index is 1.68. The molecular weight excluding hydrogens is 539 g/mol. The summed E-state index contributed by atoms with van der Waals surface area (Å²) in [7, 11) is -4.63. The molecule has 39 heavy (non-hydrogen) atoms. The normalized spacial score (nSPS) is 24.9. The van der Waals surface area contributed by atoms with Crippen LogP contribution >= 0.6 is 7.75 Å². The van der Waals surface area contributed by atoms with Gasteiger partial charge in [-0.05, 0) is 23.9 Å². The van der Waals surface area contributed by atoms with Crippen LogP contribution in [-0.4, -0.2) is 61.4 Å². The van der Waals surface area contributed by atoms with Crippen LogP contribution in [0.25, 0.3) is 21.2 Å². The number of nitrogens with one attached hydrogen (secondary N) is 2. The van der Waals surface area contributed by atoms with Gasteiger partial charge < -0.3 is 24.6 Å². The van der Waals surface area contributed by atoms with E-state index in [2.05, 4.69) is 15.1 Å². The van der Waals surface area contributed by atoms with Gasteiger partial charge in [-0.25, -0.2) is 9.36 Å². The van der Waals surface area contributed by atoms with Crippen molar-refractivity contribution in [1.29, 1.82) is 0 Å². The van der Waals surface area contributed by atoms with Crippen LogP contribution in [0.2, 0.25) is 0 Å². The molecule has 0 unspecified atom stereocenters. The molecule has 206 valence electrons. The Kier molecular flexibility index (Phi) is 7.90. The Morgan fingerprint density at radius 2 is 2.00 bits per heavy atom. The summed E-state index contributed by atoms with van der Waals surface area (Å²) in [5.41, 5.74) is 4.97. The highest BCUT2D eigenvalue weighted by Gasteiger charge is 2.56. The van der Waals surface area contributed by atoms with Crippen molar-refractivity contribution in [3.05, 3.63) is 86.0 Å². The van der Waals surface area contributed by atoms with Gasteiger partial charge in [0.05, 0.1) is 6.61 Å².